The summed E-state index contributed by atoms with van der Waals surface area (Å²) < 4.78 is 26.7. The summed E-state index contributed by atoms with van der Waals surface area (Å²) in [6.45, 7) is 0. The number of aryl methyl sites for hydroxylation is 1. The number of carbonyl (C=O) groups excluding carboxylic acids is 1. The number of cyclic esters (lactones) is 1. The van der Waals surface area contributed by atoms with E-state index in [0.717, 1.165) is 11.3 Å². The molecule has 0 radical (unpaired) electrons. The van der Waals surface area contributed by atoms with E-state index in [4.69, 9.17) is 9.26 Å². The number of fused-ring (bicyclic) bond motifs is 3. The highest BCUT2D eigenvalue weighted by Gasteiger charge is 2.47. The Morgan fingerprint density at radius 1 is 1.14 bits per heavy atom. The summed E-state index contributed by atoms with van der Waals surface area (Å²) in [4.78, 5) is 25.2. The summed E-state index contributed by atoms with van der Waals surface area (Å²) in [5.74, 6) is -0.470. The average Bonchev–Trinajstić information content (AvgIpc) is 3.38. The lowest BCUT2D eigenvalue weighted by Crippen LogP contribution is -2.33. The second-order valence-corrected chi connectivity index (χ2v) is 6.97. The lowest BCUT2D eigenvalue weighted by molar-refractivity contribution is 0.125. The highest BCUT2D eigenvalue weighted by atomic mass is 19.1. The fourth-order valence-electron chi connectivity index (χ4n) is 3.95. The predicted molar refractivity (Wildman–Crippen MR) is 97.1 cm³/mol. The van der Waals surface area contributed by atoms with Crippen LogP contribution in [0.3, 0.4) is 0 Å². The van der Waals surface area contributed by atoms with E-state index in [1.54, 1.807) is 21.6 Å². The van der Waals surface area contributed by atoms with Gasteiger partial charge in [-0.15, -0.1) is 0 Å². The van der Waals surface area contributed by atoms with Crippen LogP contribution >= 0.6 is 0 Å². The highest BCUT2D eigenvalue weighted by molar-refractivity contribution is 5.94. The number of benzene rings is 1. The molecule has 2 atom stereocenters. The molecule has 1 saturated heterocycles. The first kappa shape index (κ1) is 16.7. The Labute approximate surface area is 158 Å². The molecular weight excluding hydrogens is 365 g/mol. The van der Waals surface area contributed by atoms with Gasteiger partial charge in [0.15, 0.2) is 5.43 Å². The van der Waals surface area contributed by atoms with E-state index in [9.17, 15) is 14.0 Å². The zero-order valence-electron chi connectivity index (χ0n) is 14.7. The molecule has 1 fully saturated rings. The number of hydrogen-bond acceptors (Lipinski definition) is 5. The molecule has 0 bridgehead atoms. The average molecular weight is 381 g/mol. The Morgan fingerprint density at radius 2 is 1.96 bits per heavy atom. The summed E-state index contributed by atoms with van der Waals surface area (Å²) in [6.07, 6.45) is 5.64. The SMILES string of the molecule is O=C1O[C@@H](CCc2ccon2)[C@@H]2Cc3cc(-n4ccc(=O)cc4)c(F)cc3N12. The first-order valence-electron chi connectivity index (χ1n) is 9.00. The van der Waals surface area contributed by atoms with Crippen molar-refractivity contribution in [3.05, 3.63) is 76.3 Å². The number of hydrogen-bond donors (Lipinski definition) is 0. The van der Waals surface area contributed by atoms with Gasteiger partial charge in [-0.25, -0.2) is 9.18 Å². The largest absolute Gasteiger partial charge is 0.444 e. The summed E-state index contributed by atoms with van der Waals surface area (Å²) in [5, 5.41) is 3.88. The Kier molecular flexibility index (Phi) is 3.78. The van der Waals surface area contributed by atoms with Gasteiger partial charge in [-0.1, -0.05) is 5.16 Å². The number of rotatable bonds is 4. The van der Waals surface area contributed by atoms with Crippen LogP contribution in [0.25, 0.3) is 5.69 Å². The van der Waals surface area contributed by atoms with E-state index in [-0.39, 0.29) is 17.6 Å². The predicted octanol–water partition coefficient (Wildman–Crippen LogP) is 2.85. The summed E-state index contributed by atoms with van der Waals surface area (Å²) in [7, 11) is 0. The van der Waals surface area contributed by atoms with Crippen LogP contribution in [0, 0.1) is 5.82 Å². The van der Waals surface area contributed by atoms with Crippen molar-refractivity contribution in [3.8, 4) is 5.69 Å². The van der Waals surface area contributed by atoms with Crippen molar-refractivity contribution in [1.82, 2.24) is 9.72 Å². The topological polar surface area (TPSA) is 77.6 Å². The number of amides is 1. The molecule has 0 unspecified atom stereocenters. The summed E-state index contributed by atoms with van der Waals surface area (Å²) in [6, 6.07) is 7.46. The standard InChI is InChI=1S/C20H16FN3O4/c21-15-11-16-12(9-17(15)23-6-3-14(25)4-7-23)10-18-19(28-20(26)24(16)18)2-1-13-5-8-27-22-13/h3-9,11,18-19H,1-2,10H2/t18-,19-/m0/s1. The molecular formula is C20H16FN3O4. The van der Waals surface area contributed by atoms with Crippen LogP contribution in [0.15, 0.2) is 58.3 Å². The van der Waals surface area contributed by atoms with Gasteiger partial charge in [-0.05, 0) is 30.9 Å². The molecule has 2 aromatic heterocycles. The number of nitrogens with zero attached hydrogens (tertiary/aromatic N) is 3. The van der Waals surface area contributed by atoms with Gasteiger partial charge in [0.05, 0.1) is 23.1 Å². The molecule has 1 amide bonds. The molecule has 0 N–H and O–H groups in total. The van der Waals surface area contributed by atoms with Crippen LogP contribution in [0.1, 0.15) is 17.7 Å². The van der Waals surface area contributed by atoms with Crippen LogP contribution in [0.4, 0.5) is 14.9 Å². The van der Waals surface area contributed by atoms with Gasteiger partial charge in [0.2, 0.25) is 0 Å². The van der Waals surface area contributed by atoms with Crippen LogP contribution in [0.2, 0.25) is 0 Å². The van der Waals surface area contributed by atoms with Gasteiger partial charge in [0.25, 0.3) is 0 Å². The Hall–Kier alpha value is -3.42. The van der Waals surface area contributed by atoms with Crippen LogP contribution in [-0.4, -0.2) is 28.0 Å². The molecule has 2 aliphatic heterocycles. The molecule has 0 saturated carbocycles. The second-order valence-electron chi connectivity index (χ2n) is 6.97. The molecule has 2 aliphatic rings. The molecule has 1 aromatic carbocycles. The lowest BCUT2D eigenvalue weighted by atomic mass is 10.0. The minimum Gasteiger partial charge on any atom is -0.444 e. The molecule has 0 spiro atoms. The smallest absolute Gasteiger partial charge is 0.415 e. The van der Waals surface area contributed by atoms with Crippen molar-refractivity contribution in [2.24, 2.45) is 0 Å². The Morgan fingerprint density at radius 3 is 2.71 bits per heavy atom. The lowest BCUT2D eigenvalue weighted by Gasteiger charge is -2.16. The summed E-state index contributed by atoms with van der Waals surface area (Å²) >= 11 is 0. The Bertz CT molecular complexity index is 1090. The maximum Gasteiger partial charge on any atom is 0.415 e. The van der Waals surface area contributed by atoms with Crippen molar-refractivity contribution in [2.75, 3.05) is 4.90 Å². The zero-order chi connectivity index (χ0) is 19.3. The number of pyridine rings is 1. The number of halogens is 1. The van der Waals surface area contributed by atoms with Gasteiger partial charge < -0.3 is 13.8 Å². The van der Waals surface area contributed by atoms with Crippen molar-refractivity contribution in [1.29, 1.82) is 0 Å². The maximum atomic E-state index is 14.8. The molecule has 8 heteroatoms. The van der Waals surface area contributed by atoms with Gasteiger partial charge in [0, 0.05) is 36.7 Å². The van der Waals surface area contributed by atoms with E-state index in [0.29, 0.717) is 30.6 Å². The monoisotopic (exact) mass is 381 g/mol. The third kappa shape index (κ3) is 2.69. The minimum absolute atomic E-state index is 0.142. The van der Waals surface area contributed by atoms with Gasteiger partial charge >= 0.3 is 6.09 Å². The first-order valence-corrected chi connectivity index (χ1v) is 9.00. The van der Waals surface area contributed by atoms with E-state index >= 15 is 0 Å². The third-order valence-corrected chi connectivity index (χ3v) is 5.30. The highest BCUT2D eigenvalue weighted by Crippen LogP contribution is 2.41. The fourth-order valence-corrected chi connectivity index (χ4v) is 3.95. The van der Waals surface area contributed by atoms with Crippen molar-refractivity contribution >= 4 is 11.8 Å². The zero-order valence-corrected chi connectivity index (χ0v) is 14.7. The van der Waals surface area contributed by atoms with Gasteiger partial charge in [-0.2, -0.15) is 0 Å². The minimum atomic E-state index is -0.470. The van der Waals surface area contributed by atoms with E-state index < -0.39 is 11.9 Å². The molecule has 0 aliphatic carbocycles. The van der Waals surface area contributed by atoms with Crippen LogP contribution < -0.4 is 10.3 Å². The van der Waals surface area contributed by atoms with E-state index in [1.165, 1.54) is 36.9 Å². The van der Waals surface area contributed by atoms with Crippen molar-refractivity contribution < 1.29 is 18.4 Å². The van der Waals surface area contributed by atoms with Crippen LogP contribution in [0.5, 0.6) is 0 Å². The number of anilines is 1. The molecule has 7 nitrogen and oxygen atoms in total. The number of carbonyl (C=O) groups is 1. The van der Waals surface area contributed by atoms with Crippen molar-refractivity contribution in [2.45, 2.75) is 31.4 Å². The van der Waals surface area contributed by atoms with Gasteiger partial charge in [0.1, 0.15) is 18.2 Å². The van der Waals surface area contributed by atoms with Gasteiger partial charge in [-0.3, -0.25) is 9.69 Å². The third-order valence-electron chi connectivity index (χ3n) is 5.30. The maximum absolute atomic E-state index is 14.8. The number of aromatic nitrogens is 2. The molecule has 142 valence electrons. The fraction of sp³-hybridized carbons (Fsp3) is 0.250. The van der Waals surface area contributed by atoms with Crippen LogP contribution in [-0.2, 0) is 17.6 Å². The number of ether oxygens (including phenoxy) is 1. The van der Waals surface area contributed by atoms with E-state index in [2.05, 4.69) is 5.16 Å². The van der Waals surface area contributed by atoms with Crippen molar-refractivity contribution in [3.63, 3.8) is 0 Å². The first-order chi connectivity index (χ1) is 13.6. The quantitative estimate of drug-likeness (QED) is 0.695. The second kappa shape index (κ2) is 6.33. The summed E-state index contributed by atoms with van der Waals surface area (Å²) in [5.41, 5.74) is 2.42. The molecule has 4 heterocycles. The molecule has 3 aromatic rings. The molecule has 5 rings (SSSR count). The van der Waals surface area contributed by atoms with E-state index in [1.807, 2.05) is 0 Å². The normalized spacial score (nSPS) is 20.2. The Balaban J connectivity index is 1.43. The molecule has 28 heavy (non-hydrogen) atoms.